The number of esters is 1. The quantitative estimate of drug-likeness (QED) is 0.355. The average Bonchev–Trinajstić information content (AvgIpc) is 2.39. The number of hydrogen-bond acceptors (Lipinski definition) is 5. The largest absolute Gasteiger partial charge is 0.500 e. The van der Waals surface area contributed by atoms with Gasteiger partial charge in [-0.05, 0) is 18.2 Å². The molecule has 0 aromatic heterocycles. The molecule has 0 radical (unpaired) electrons. The summed E-state index contributed by atoms with van der Waals surface area (Å²) in [7, 11) is 2.56. The van der Waals surface area contributed by atoms with E-state index in [2.05, 4.69) is 4.74 Å². The number of hydrogen-bond donors (Lipinski definition) is 0. The minimum absolute atomic E-state index is 0.176. The zero-order chi connectivity index (χ0) is 13.5. The third-order valence-corrected chi connectivity index (χ3v) is 2.17. The summed E-state index contributed by atoms with van der Waals surface area (Å²) in [6.07, 6.45) is 1.65. The molecule has 1 rings (SSSR count). The van der Waals surface area contributed by atoms with E-state index in [1.54, 1.807) is 0 Å². The molecule has 0 saturated heterocycles. The molecule has 0 atom stereocenters. The molecule has 0 aliphatic heterocycles. The van der Waals surface area contributed by atoms with E-state index in [1.807, 2.05) is 0 Å². The van der Waals surface area contributed by atoms with Gasteiger partial charge in [0.25, 0.3) is 0 Å². The monoisotopic (exact) mass is 270 g/mol. The minimum atomic E-state index is -0.719. The number of benzene rings is 1. The van der Waals surface area contributed by atoms with Gasteiger partial charge in [0.2, 0.25) is 5.76 Å². The highest BCUT2D eigenvalue weighted by Gasteiger charge is 2.15. The fraction of sp³-hybridized carbons (Fsp3) is 0.167. The van der Waals surface area contributed by atoms with Crippen LogP contribution in [0.2, 0.25) is 5.02 Å². The number of ether oxygens (including phenoxy) is 3. The summed E-state index contributed by atoms with van der Waals surface area (Å²) in [6.45, 7) is 0. The fourth-order valence-electron chi connectivity index (χ4n) is 1.14. The molecule has 0 aliphatic rings. The third-order valence-electron chi connectivity index (χ3n) is 1.93. The molecule has 0 spiro atoms. The van der Waals surface area contributed by atoms with Crippen LogP contribution < -0.4 is 4.74 Å². The van der Waals surface area contributed by atoms with Crippen LogP contribution in [0.3, 0.4) is 0 Å². The number of halogens is 1. The molecule has 0 aliphatic carbocycles. The Morgan fingerprint density at radius 3 is 2.61 bits per heavy atom. The van der Waals surface area contributed by atoms with Gasteiger partial charge in [0.15, 0.2) is 6.29 Å². The smallest absolute Gasteiger partial charge is 0.377 e. The molecule has 1 aromatic carbocycles. The molecular formula is C12H11ClO5. The lowest BCUT2D eigenvalue weighted by Crippen LogP contribution is -2.12. The summed E-state index contributed by atoms with van der Waals surface area (Å²) in [5, 5.41) is 0.389. The maximum atomic E-state index is 11.4. The standard InChI is InChI=1S/C12H11ClO5/c1-16-7-11(12(15)17-2)18-10-4-3-9(13)5-8(10)6-14/h3-7H,1-2H3. The van der Waals surface area contributed by atoms with Crippen LogP contribution in [0.5, 0.6) is 5.75 Å². The second-order valence-electron chi connectivity index (χ2n) is 3.11. The van der Waals surface area contributed by atoms with Crippen molar-refractivity contribution in [3.63, 3.8) is 0 Å². The minimum Gasteiger partial charge on any atom is -0.500 e. The highest BCUT2D eigenvalue weighted by atomic mass is 35.5. The van der Waals surface area contributed by atoms with Crippen molar-refractivity contribution in [2.24, 2.45) is 0 Å². The van der Waals surface area contributed by atoms with Crippen LogP contribution in [0.4, 0.5) is 0 Å². The Hall–Kier alpha value is -2.01. The van der Waals surface area contributed by atoms with E-state index in [1.165, 1.54) is 32.4 Å². The lowest BCUT2D eigenvalue weighted by molar-refractivity contribution is -0.138. The SMILES string of the molecule is COC=C(Oc1ccc(Cl)cc1C=O)C(=O)OC. The molecule has 0 saturated carbocycles. The highest BCUT2D eigenvalue weighted by Crippen LogP contribution is 2.23. The van der Waals surface area contributed by atoms with Crippen molar-refractivity contribution >= 4 is 23.9 Å². The highest BCUT2D eigenvalue weighted by molar-refractivity contribution is 6.30. The first-order valence-electron chi connectivity index (χ1n) is 4.86. The first-order valence-corrected chi connectivity index (χ1v) is 5.24. The maximum Gasteiger partial charge on any atom is 0.377 e. The van der Waals surface area contributed by atoms with E-state index >= 15 is 0 Å². The summed E-state index contributed by atoms with van der Waals surface area (Å²) < 4.78 is 14.5. The van der Waals surface area contributed by atoms with Gasteiger partial charge in [-0.3, -0.25) is 4.79 Å². The summed E-state index contributed by atoms with van der Waals surface area (Å²) >= 11 is 5.74. The molecule has 1 aromatic rings. The lowest BCUT2D eigenvalue weighted by Gasteiger charge is -2.09. The summed E-state index contributed by atoms with van der Waals surface area (Å²) in [5.41, 5.74) is 0.216. The maximum absolute atomic E-state index is 11.4. The van der Waals surface area contributed by atoms with Crippen LogP contribution in [0.15, 0.2) is 30.2 Å². The second-order valence-corrected chi connectivity index (χ2v) is 3.55. The van der Waals surface area contributed by atoms with Crippen LogP contribution >= 0.6 is 11.6 Å². The van der Waals surface area contributed by atoms with Gasteiger partial charge >= 0.3 is 5.97 Å². The predicted molar refractivity (Wildman–Crippen MR) is 64.6 cm³/mol. The Morgan fingerprint density at radius 2 is 2.06 bits per heavy atom. The van der Waals surface area contributed by atoms with Crippen molar-refractivity contribution < 1.29 is 23.8 Å². The van der Waals surface area contributed by atoms with E-state index in [4.69, 9.17) is 21.1 Å². The molecule has 18 heavy (non-hydrogen) atoms. The van der Waals surface area contributed by atoms with Crippen LogP contribution in [0.25, 0.3) is 0 Å². The Labute approximate surface area is 109 Å². The first kappa shape index (κ1) is 14.1. The molecule has 6 heteroatoms. The van der Waals surface area contributed by atoms with Gasteiger partial charge in [-0.25, -0.2) is 4.79 Å². The molecule has 0 unspecified atom stereocenters. The molecule has 5 nitrogen and oxygen atoms in total. The van der Waals surface area contributed by atoms with Gasteiger partial charge in [0.1, 0.15) is 12.0 Å². The molecular weight excluding hydrogens is 260 g/mol. The first-order chi connectivity index (χ1) is 8.62. The van der Waals surface area contributed by atoms with Gasteiger partial charge in [0.05, 0.1) is 19.8 Å². The lowest BCUT2D eigenvalue weighted by atomic mass is 10.2. The van der Waals surface area contributed by atoms with Gasteiger partial charge < -0.3 is 14.2 Å². The molecule has 96 valence electrons. The van der Waals surface area contributed by atoms with Crippen molar-refractivity contribution in [2.45, 2.75) is 0 Å². The summed E-state index contributed by atoms with van der Waals surface area (Å²) in [6, 6.07) is 4.43. The van der Waals surface area contributed by atoms with E-state index in [9.17, 15) is 9.59 Å². The Bertz CT molecular complexity index is 481. The van der Waals surface area contributed by atoms with E-state index in [-0.39, 0.29) is 17.1 Å². The van der Waals surface area contributed by atoms with E-state index < -0.39 is 5.97 Å². The summed E-state index contributed by atoms with van der Waals surface area (Å²) in [5.74, 6) is -0.711. The molecule has 0 heterocycles. The predicted octanol–water partition coefficient (Wildman–Crippen LogP) is 2.19. The zero-order valence-electron chi connectivity index (χ0n) is 9.81. The Morgan fingerprint density at radius 1 is 1.33 bits per heavy atom. The van der Waals surface area contributed by atoms with Crippen molar-refractivity contribution in [3.05, 3.63) is 40.8 Å². The van der Waals surface area contributed by atoms with Gasteiger partial charge in [0, 0.05) is 5.02 Å². The molecule has 0 amide bonds. The average molecular weight is 271 g/mol. The molecule has 0 N–H and O–H groups in total. The van der Waals surface area contributed by atoms with Crippen molar-refractivity contribution in [1.82, 2.24) is 0 Å². The third kappa shape index (κ3) is 3.49. The van der Waals surface area contributed by atoms with E-state index in [0.717, 1.165) is 6.26 Å². The van der Waals surface area contributed by atoms with E-state index in [0.29, 0.717) is 11.3 Å². The number of aldehydes is 1. The number of carbonyl (C=O) groups excluding carboxylic acids is 2. The molecule has 0 fully saturated rings. The van der Waals surface area contributed by atoms with Crippen molar-refractivity contribution in [3.8, 4) is 5.75 Å². The van der Waals surface area contributed by atoms with Gasteiger partial charge in [-0.2, -0.15) is 0 Å². The van der Waals surface area contributed by atoms with Crippen LogP contribution in [0, 0.1) is 0 Å². The van der Waals surface area contributed by atoms with Crippen LogP contribution in [0.1, 0.15) is 10.4 Å². The number of methoxy groups -OCH3 is 2. The van der Waals surface area contributed by atoms with Crippen LogP contribution in [-0.4, -0.2) is 26.5 Å². The molecule has 0 bridgehead atoms. The fourth-order valence-corrected chi connectivity index (χ4v) is 1.32. The summed E-state index contributed by atoms with van der Waals surface area (Å²) in [4.78, 5) is 22.2. The second kappa shape index (κ2) is 6.66. The van der Waals surface area contributed by atoms with Crippen molar-refractivity contribution in [1.29, 1.82) is 0 Å². The Balaban J connectivity index is 3.04. The number of rotatable bonds is 5. The van der Waals surface area contributed by atoms with Crippen LogP contribution in [-0.2, 0) is 14.3 Å². The topological polar surface area (TPSA) is 61.8 Å². The van der Waals surface area contributed by atoms with Crippen molar-refractivity contribution in [2.75, 3.05) is 14.2 Å². The zero-order valence-corrected chi connectivity index (χ0v) is 10.6. The van der Waals surface area contributed by atoms with Gasteiger partial charge in [-0.1, -0.05) is 11.6 Å². The Kier molecular flexibility index (Phi) is 5.20. The van der Waals surface area contributed by atoms with Gasteiger partial charge in [-0.15, -0.1) is 0 Å². The normalized spacial score (nSPS) is 10.7. The number of carbonyl (C=O) groups is 2.